The van der Waals surface area contributed by atoms with Gasteiger partial charge in [0.25, 0.3) is 0 Å². The van der Waals surface area contributed by atoms with Gasteiger partial charge in [0.05, 0.1) is 22.1 Å². The second-order valence-corrected chi connectivity index (χ2v) is 13.8. The topological polar surface area (TPSA) is 43.9 Å². The quantitative estimate of drug-likeness (QED) is 0.129. The lowest BCUT2D eigenvalue weighted by Gasteiger charge is -2.13. The molecule has 3 aromatic heterocycles. The molecule has 236 valence electrons. The third kappa shape index (κ3) is 3.54. The Morgan fingerprint density at radius 2 is 0.961 bits per heavy atom. The van der Waals surface area contributed by atoms with Crippen LogP contribution in [-0.2, 0) is 0 Å². The maximum Gasteiger partial charge on any atom is 0.176 e. The van der Waals surface area contributed by atoms with Gasteiger partial charge in [-0.2, -0.15) is 0 Å². The van der Waals surface area contributed by atoms with Gasteiger partial charge in [-0.05, 0) is 72.7 Å². The largest absolute Gasteiger partial charge is 0.453 e. The molecule has 0 saturated heterocycles. The molecule has 0 bridgehead atoms. The summed E-state index contributed by atoms with van der Waals surface area (Å²) in [5.74, 6) is 0.571. The highest BCUT2D eigenvalue weighted by molar-refractivity contribution is 6.37. The van der Waals surface area contributed by atoms with Gasteiger partial charge in [0.15, 0.2) is 16.6 Å². The number of aromatic nitrogens is 3. The molecule has 51 heavy (non-hydrogen) atoms. The predicted octanol–water partition coefficient (Wildman–Crippen LogP) is 13.0. The third-order valence-corrected chi connectivity index (χ3v) is 11.1. The van der Waals surface area contributed by atoms with Crippen LogP contribution in [0.5, 0.6) is 0 Å². The minimum Gasteiger partial charge on any atom is -0.453 e. The number of hydrogen-bond donors (Lipinski definition) is 0. The Morgan fingerprint density at radius 1 is 0.431 bits per heavy atom. The summed E-state index contributed by atoms with van der Waals surface area (Å²) in [6.07, 6.45) is 0. The minimum absolute atomic E-state index is 0.331. The summed E-state index contributed by atoms with van der Waals surface area (Å²) in [6, 6.07) is 51.4. The number of benzene rings is 9. The van der Waals surface area contributed by atoms with E-state index in [0.29, 0.717) is 11.0 Å². The zero-order valence-electron chi connectivity index (χ0n) is 27.0. The zero-order valence-corrected chi connectivity index (χ0v) is 27.7. The number of furan rings is 1. The fraction of sp³-hybridized carbons (Fsp3) is 0. The molecule has 0 atom stereocenters. The lowest BCUT2D eigenvalue weighted by Crippen LogP contribution is -2.01. The summed E-state index contributed by atoms with van der Waals surface area (Å²) < 4.78 is 9.21. The Balaban J connectivity index is 1.27. The van der Waals surface area contributed by atoms with E-state index in [-0.39, 0.29) is 0 Å². The third-order valence-electron chi connectivity index (χ3n) is 10.8. The number of hydrogen-bond acceptors (Lipinski definition) is 3. The molecule has 0 N–H and O–H groups in total. The highest BCUT2D eigenvalue weighted by Gasteiger charge is 2.25. The molecule has 4 nitrogen and oxygen atoms in total. The van der Waals surface area contributed by atoms with E-state index in [1.807, 2.05) is 0 Å². The van der Waals surface area contributed by atoms with Crippen molar-refractivity contribution in [3.05, 3.63) is 151 Å². The van der Waals surface area contributed by atoms with Crippen molar-refractivity contribution in [2.45, 2.75) is 0 Å². The van der Waals surface area contributed by atoms with Crippen molar-refractivity contribution in [2.24, 2.45) is 0 Å². The van der Waals surface area contributed by atoms with Gasteiger partial charge in [-0.3, -0.25) is 4.57 Å². The molecule has 0 aliphatic carbocycles. The second-order valence-electron chi connectivity index (χ2n) is 13.4. The molecule has 12 rings (SSSR count). The van der Waals surface area contributed by atoms with Gasteiger partial charge in [0.2, 0.25) is 0 Å². The first-order chi connectivity index (χ1) is 25.2. The zero-order chi connectivity index (χ0) is 33.4. The fourth-order valence-corrected chi connectivity index (χ4v) is 8.91. The number of nitrogens with zero attached hydrogens (tertiary/aromatic N) is 3. The van der Waals surface area contributed by atoms with Crippen LogP contribution in [0.2, 0.25) is 5.15 Å². The van der Waals surface area contributed by atoms with Gasteiger partial charge in [-0.15, -0.1) is 0 Å². The van der Waals surface area contributed by atoms with Crippen LogP contribution in [0.15, 0.2) is 150 Å². The van der Waals surface area contributed by atoms with Crippen molar-refractivity contribution in [1.29, 1.82) is 0 Å². The molecule has 3 heterocycles. The van der Waals surface area contributed by atoms with E-state index in [4.69, 9.17) is 26.0 Å². The predicted molar refractivity (Wildman–Crippen MR) is 214 cm³/mol. The van der Waals surface area contributed by atoms with Gasteiger partial charge in [0.1, 0.15) is 5.58 Å². The highest BCUT2D eigenvalue weighted by atomic mass is 35.5. The molecule has 5 heteroatoms. The van der Waals surface area contributed by atoms with Crippen molar-refractivity contribution < 1.29 is 4.42 Å². The summed E-state index contributed by atoms with van der Waals surface area (Å²) in [7, 11) is 0. The molecule has 0 aliphatic heterocycles. The summed E-state index contributed by atoms with van der Waals surface area (Å²) >= 11 is 7.26. The molecular weight excluding hydrogens is 646 g/mol. The number of rotatable bonds is 1. The van der Waals surface area contributed by atoms with Crippen molar-refractivity contribution >= 4 is 120 Å². The second kappa shape index (κ2) is 9.81. The van der Waals surface area contributed by atoms with Crippen LogP contribution in [0.25, 0.3) is 114 Å². The van der Waals surface area contributed by atoms with Gasteiger partial charge in [-0.25, -0.2) is 9.97 Å². The van der Waals surface area contributed by atoms with Crippen LogP contribution in [0.4, 0.5) is 0 Å². The van der Waals surface area contributed by atoms with Crippen LogP contribution in [0.3, 0.4) is 0 Å². The Labute approximate surface area is 294 Å². The molecule has 9 aromatic carbocycles. The average molecular weight is 670 g/mol. The molecule has 0 amide bonds. The van der Waals surface area contributed by atoms with E-state index in [1.165, 1.54) is 21.5 Å². The first-order valence-corrected chi connectivity index (χ1v) is 17.5. The average Bonchev–Trinajstić information content (AvgIpc) is 3.75. The highest BCUT2D eigenvalue weighted by Crippen LogP contribution is 2.47. The standard InChI is InChI=1S/C46H24ClN3O/c47-45-46(49-38-24-36-30-16-6-4-14-28(30)27-13-3-5-15-29(27)35(36)23-37(38)48-45)50-39-20-10-9-19-33(39)40-31-17-7-8-18-32(31)41-34-22-21-25-11-1-2-12-26(25)43(34)51-44(41)42(40)50/h1-24H. The molecule has 0 unspecified atom stereocenters. The van der Waals surface area contributed by atoms with Crippen molar-refractivity contribution in [2.75, 3.05) is 0 Å². The SMILES string of the molecule is Clc1nc2cc3c4ccccc4c4ccccc4c3cc2nc1-n1c2ccccc2c2c3ccccc3c3c4ccc5ccccc5c4oc3c21. The Hall–Kier alpha value is -6.49. The fourth-order valence-electron chi connectivity index (χ4n) is 8.69. The van der Waals surface area contributed by atoms with E-state index >= 15 is 0 Å². The van der Waals surface area contributed by atoms with Crippen molar-refractivity contribution in [3.8, 4) is 5.82 Å². The first kappa shape index (κ1) is 27.3. The molecule has 12 aromatic rings. The minimum atomic E-state index is 0.331. The van der Waals surface area contributed by atoms with E-state index in [2.05, 4.69) is 150 Å². The van der Waals surface area contributed by atoms with Gasteiger partial charge >= 0.3 is 0 Å². The number of para-hydroxylation sites is 1. The first-order valence-electron chi connectivity index (χ1n) is 17.1. The lowest BCUT2D eigenvalue weighted by atomic mass is 9.94. The monoisotopic (exact) mass is 669 g/mol. The molecule has 0 spiro atoms. The van der Waals surface area contributed by atoms with Crippen LogP contribution in [0.1, 0.15) is 0 Å². The summed E-state index contributed by atoms with van der Waals surface area (Å²) in [6.45, 7) is 0. The maximum absolute atomic E-state index is 7.26. The van der Waals surface area contributed by atoms with Crippen molar-refractivity contribution in [3.63, 3.8) is 0 Å². The Morgan fingerprint density at radius 3 is 1.65 bits per heavy atom. The smallest absolute Gasteiger partial charge is 0.176 e. The summed E-state index contributed by atoms with van der Waals surface area (Å²) in [5, 5.41) is 16.3. The molecule has 0 aliphatic rings. The van der Waals surface area contributed by atoms with Gasteiger partial charge < -0.3 is 4.42 Å². The van der Waals surface area contributed by atoms with Crippen LogP contribution < -0.4 is 0 Å². The van der Waals surface area contributed by atoms with Crippen LogP contribution >= 0.6 is 11.6 Å². The van der Waals surface area contributed by atoms with E-state index in [1.54, 1.807) is 0 Å². The number of halogens is 1. The van der Waals surface area contributed by atoms with E-state index in [0.717, 1.165) is 87.1 Å². The van der Waals surface area contributed by atoms with E-state index < -0.39 is 0 Å². The summed E-state index contributed by atoms with van der Waals surface area (Å²) in [4.78, 5) is 10.4. The maximum atomic E-state index is 7.26. The lowest BCUT2D eigenvalue weighted by molar-refractivity contribution is 0.675. The van der Waals surface area contributed by atoms with Gasteiger partial charge in [0, 0.05) is 26.9 Å². The molecule has 0 saturated carbocycles. The van der Waals surface area contributed by atoms with Crippen LogP contribution in [0, 0.1) is 0 Å². The summed E-state index contributed by atoms with van der Waals surface area (Å²) in [5.41, 5.74) is 5.13. The van der Waals surface area contributed by atoms with Crippen molar-refractivity contribution in [1.82, 2.24) is 14.5 Å². The van der Waals surface area contributed by atoms with Gasteiger partial charge in [-0.1, -0.05) is 133 Å². The molecular formula is C46H24ClN3O. The van der Waals surface area contributed by atoms with E-state index in [9.17, 15) is 0 Å². The Kier molecular flexibility index (Phi) is 5.26. The number of fused-ring (bicyclic) bond motifs is 19. The molecule has 0 radical (unpaired) electrons. The Bertz CT molecular complexity index is 3500. The molecule has 0 fully saturated rings. The van der Waals surface area contributed by atoms with Crippen LogP contribution in [-0.4, -0.2) is 14.5 Å². The normalized spacial score (nSPS) is 12.4.